The molecule has 32 heavy (non-hydrogen) atoms. The number of aromatic nitrogens is 2. The van der Waals surface area contributed by atoms with E-state index in [4.69, 9.17) is 0 Å². The molecule has 0 saturated carbocycles. The van der Waals surface area contributed by atoms with Gasteiger partial charge in [0.05, 0.1) is 5.39 Å². The van der Waals surface area contributed by atoms with Crippen LogP contribution >= 0.6 is 0 Å². The van der Waals surface area contributed by atoms with Crippen LogP contribution in [0.4, 0.5) is 5.69 Å². The average Bonchev–Trinajstić information content (AvgIpc) is 2.81. The molecule has 0 radical (unpaired) electrons. The molecule has 4 rings (SSSR count). The minimum atomic E-state index is -0.194. The molecule has 1 aliphatic heterocycles. The molecule has 1 saturated heterocycles. The number of benzene rings is 2. The summed E-state index contributed by atoms with van der Waals surface area (Å²) in [6, 6.07) is 16.5. The van der Waals surface area contributed by atoms with Gasteiger partial charge in [0, 0.05) is 36.6 Å². The highest BCUT2D eigenvalue weighted by Crippen LogP contribution is 2.22. The zero-order valence-electron chi connectivity index (χ0n) is 18.5. The molecule has 2 amide bonds. The van der Waals surface area contributed by atoms with Crippen LogP contribution in [0.25, 0.3) is 10.8 Å². The summed E-state index contributed by atoms with van der Waals surface area (Å²) in [6.45, 7) is 5.42. The van der Waals surface area contributed by atoms with Crippen LogP contribution in [-0.2, 0) is 11.3 Å². The van der Waals surface area contributed by atoms with E-state index in [1.54, 1.807) is 23.1 Å². The maximum atomic E-state index is 13.4. The zero-order chi connectivity index (χ0) is 22.7. The zero-order valence-corrected chi connectivity index (χ0v) is 18.5. The van der Waals surface area contributed by atoms with E-state index in [9.17, 15) is 14.4 Å². The molecule has 166 valence electrons. The summed E-state index contributed by atoms with van der Waals surface area (Å²) < 4.78 is 1.40. The van der Waals surface area contributed by atoms with E-state index in [0.29, 0.717) is 48.9 Å². The van der Waals surface area contributed by atoms with Crippen LogP contribution in [0.3, 0.4) is 0 Å². The number of hydrogen-bond donors (Lipinski definition) is 1. The van der Waals surface area contributed by atoms with E-state index in [1.165, 1.54) is 4.68 Å². The Morgan fingerprint density at radius 1 is 1.00 bits per heavy atom. The summed E-state index contributed by atoms with van der Waals surface area (Å²) in [5.41, 5.74) is 0.897. The van der Waals surface area contributed by atoms with Crippen LogP contribution in [0.1, 0.15) is 37.2 Å². The summed E-state index contributed by atoms with van der Waals surface area (Å²) in [6.07, 6.45) is 1.18. The highest BCUT2D eigenvalue weighted by Gasteiger charge is 2.30. The van der Waals surface area contributed by atoms with Gasteiger partial charge < -0.3 is 10.2 Å². The molecular formula is C25H28N4O3. The Kier molecular flexibility index (Phi) is 6.35. The van der Waals surface area contributed by atoms with Crippen LogP contribution in [0, 0.1) is 11.8 Å². The number of rotatable bonds is 5. The standard InChI is InChI=1S/C25H28N4O3/c1-17(2)16-29-24(31)21-11-7-6-10-20(21)22(27-29)25(32)28-14-12-18(13-15-28)23(30)26-19-8-4-3-5-9-19/h3-11,17-18H,12-16H2,1-2H3,(H,26,30). The molecule has 2 heterocycles. The Morgan fingerprint density at radius 2 is 1.62 bits per heavy atom. The molecule has 0 bridgehead atoms. The Labute approximate surface area is 187 Å². The fourth-order valence-corrected chi connectivity index (χ4v) is 4.12. The first-order valence-electron chi connectivity index (χ1n) is 11.1. The molecule has 2 aromatic carbocycles. The number of likely N-dealkylation sites (tertiary alicyclic amines) is 1. The van der Waals surface area contributed by atoms with Gasteiger partial charge >= 0.3 is 0 Å². The first-order valence-corrected chi connectivity index (χ1v) is 11.1. The summed E-state index contributed by atoms with van der Waals surface area (Å²) in [5, 5.41) is 8.49. The lowest BCUT2D eigenvalue weighted by atomic mass is 9.95. The van der Waals surface area contributed by atoms with E-state index >= 15 is 0 Å². The van der Waals surface area contributed by atoms with Gasteiger partial charge in [-0.15, -0.1) is 0 Å². The van der Waals surface area contributed by atoms with Gasteiger partial charge in [0.25, 0.3) is 11.5 Å². The van der Waals surface area contributed by atoms with Crippen LogP contribution < -0.4 is 10.9 Å². The largest absolute Gasteiger partial charge is 0.337 e. The van der Waals surface area contributed by atoms with Crippen molar-refractivity contribution >= 4 is 28.3 Å². The Balaban J connectivity index is 1.51. The third-order valence-electron chi connectivity index (χ3n) is 5.80. The normalized spacial score (nSPS) is 14.7. The van der Waals surface area contributed by atoms with Crippen molar-refractivity contribution in [2.45, 2.75) is 33.2 Å². The quantitative estimate of drug-likeness (QED) is 0.668. The summed E-state index contributed by atoms with van der Waals surface area (Å²) in [4.78, 5) is 40.5. The second-order valence-corrected chi connectivity index (χ2v) is 8.70. The summed E-state index contributed by atoms with van der Waals surface area (Å²) in [5.74, 6) is -0.125. The van der Waals surface area contributed by atoms with Crippen LogP contribution in [-0.4, -0.2) is 39.6 Å². The van der Waals surface area contributed by atoms with E-state index in [0.717, 1.165) is 5.69 Å². The monoisotopic (exact) mass is 432 g/mol. The van der Waals surface area contributed by atoms with E-state index in [-0.39, 0.29) is 29.2 Å². The van der Waals surface area contributed by atoms with Crippen molar-refractivity contribution in [2.75, 3.05) is 18.4 Å². The number of hydrogen-bond acceptors (Lipinski definition) is 4. The fourth-order valence-electron chi connectivity index (χ4n) is 4.12. The maximum Gasteiger partial charge on any atom is 0.274 e. The number of nitrogens with one attached hydrogen (secondary N) is 1. The van der Waals surface area contributed by atoms with Crippen molar-refractivity contribution in [3.05, 3.63) is 70.6 Å². The first-order chi connectivity index (χ1) is 15.4. The lowest BCUT2D eigenvalue weighted by molar-refractivity contribution is -0.121. The van der Waals surface area contributed by atoms with Gasteiger partial charge in [0.15, 0.2) is 5.69 Å². The van der Waals surface area contributed by atoms with E-state index < -0.39 is 0 Å². The van der Waals surface area contributed by atoms with Crippen LogP contribution in [0.15, 0.2) is 59.4 Å². The molecule has 0 atom stereocenters. The predicted octanol–water partition coefficient (Wildman–Crippen LogP) is 3.54. The average molecular weight is 433 g/mol. The van der Waals surface area contributed by atoms with Crippen molar-refractivity contribution in [1.29, 1.82) is 0 Å². The minimum Gasteiger partial charge on any atom is -0.337 e. The topological polar surface area (TPSA) is 84.3 Å². The molecule has 0 aliphatic carbocycles. The SMILES string of the molecule is CC(C)Cn1nc(C(=O)N2CCC(C(=O)Nc3ccccc3)CC2)c2ccccc2c1=O. The number of amides is 2. The van der Waals surface area contributed by atoms with E-state index in [2.05, 4.69) is 10.4 Å². The molecular weight excluding hydrogens is 404 g/mol. The van der Waals surface area contributed by atoms with Gasteiger partial charge in [-0.3, -0.25) is 14.4 Å². The first kappa shape index (κ1) is 21.7. The molecule has 1 aromatic heterocycles. The van der Waals surface area contributed by atoms with Gasteiger partial charge in [-0.05, 0) is 37.0 Å². The Bertz CT molecular complexity index is 1180. The third-order valence-corrected chi connectivity index (χ3v) is 5.80. The van der Waals surface area contributed by atoms with Gasteiger partial charge in [0.2, 0.25) is 5.91 Å². The number of carbonyl (C=O) groups is 2. The fraction of sp³-hybridized carbons (Fsp3) is 0.360. The van der Waals surface area contributed by atoms with E-state index in [1.807, 2.05) is 50.2 Å². The molecule has 1 fully saturated rings. The molecule has 3 aromatic rings. The van der Waals surface area contributed by atoms with Crippen molar-refractivity contribution in [2.24, 2.45) is 11.8 Å². The maximum absolute atomic E-state index is 13.4. The number of anilines is 1. The minimum absolute atomic E-state index is 0.0163. The van der Waals surface area contributed by atoms with Crippen LogP contribution in [0.5, 0.6) is 0 Å². The van der Waals surface area contributed by atoms with Gasteiger partial charge in [-0.2, -0.15) is 5.10 Å². The Morgan fingerprint density at radius 3 is 2.28 bits per heavy atom. The second kappa shape index (κ2) is 9.34. The van der Waals surface area contributed by atoms with Crippen LogP contribution in [0.2, 0.25) is 0 Å². The number of carbonyl (C=O) groups excluding carboxylic acids is 2. The van der Waals surface area contributed by atoms with Gasteiger partial charge in [-0.25, -0.2) is 4.68 Å². The van der Waals surface area contributed by atoms with Crippen molar-refractivity contribution in [3.63, 3.8) is 0 Å². The number of piperidine rings is 1. The van der Waals surface area contributed by atoms with Gasteiger partial charge in [-0.1, -0.05) is 50.2 Å². The number of para-hydroxylation sites is 1. The molecule has 1 aliphatic rings. The van der Waals surface area contributed by atoms with Gasteiger partial charge in [0.1, 0.15) is 0 Å². The second-order valence-electron chi connectivity index (χ2n) is 8.70. The number of nitrogens with zero attached hydrogens (tertiary/aromatic N) is 3. The summed E-state index contributed by atoms with van der Waals surface area (Å²) in [7, 11) is 0. The van der Waals surface area contributed by atoms with Crippen molar-refractivity contribution < 1.29 is 9.59 Å². The van der Waals surface area contributed by atoms with Crippen molar-refractivity contribution in [1.82, 2.24) is 14.7 Å². The third kappa shape index (κ3) is 4.56. The summed E-state index contributed by atoms with van der Waals surface area (Å²) >= 11 is 0. The molecule has 7 nitrogen and oxygen atoms in total. The van der Waals surface area contributed by atoms with Crippen molar-refractivity contribution in [3.8, 4) is 0 Å². The molecule has 7 heteroatoms. The molecule has 0 unspecified atom stereocenters. The smallest absolute Gasteiger partial charge is 0.274 e. The Hall–Kier alpha value is -3.48. The molecule has 1 N–H and O–H groups in total. The predicted molar refractivity (Wildman–Crippen MR) is 125 cm³/mol. The number of fused-ring (bicyclic) bond motifs is 1. The lowest BCUT2D eigenvalue weighted by Crippen LogP contribution is -2.42. The highest BCUT2D eigenvalue weighted by atomic mass is 16.2. The highest BCUT2D eigenvalue weighted by molar-refractivity contribution is 6.05. The molecule has 0 spiro atoms. The lowest BCUT2D eigenvalue weighted by Gasteiger charge is -2.31.